The minimum atomic E-state index is -0.593. The van der Waals surface area contributed by atoms with Gasteiger partial charge in [0.15, 0.2) is 0 Å². The Hall–Kier alpha value is 0.740. The summed E-state index contributed by atoms with van der Waals surface area (Å²) in [7, 11) is 0. The first kappa shape index (κ1) is 4.74. The predicted molar refractivity (Wildman–Crippen MR) is 17.6 cm³/mol. The van der Waals surface area contributed by atoms with Crippen molar-refractivity contribution in [3.05, 3.63) is 0 Å². The Morgan fingerprint density at radius 3 is 1.00 bits per heavy atom. The second-order valence-corrected chi connectivity index (χ2v) is 11.0. The van der Waals surface area contributed by atoms with E-state index in [1.807, 2.05) is 0 Å². The summed E-state index contributed by atoms with van der Waals surface area (Å²) in [4.78, 5) is 0. The molecular formula is C3H9Ta. The van der Waals surface area contributed by atoms with Gasteiger partial charge in [0, 0.05) is 0 Å². The second kappa shape index (κ2) is 2.01. The van der Waals surface area contributed by atoms with Crippen molar-refractivity contribution in [3.8, 4) is 0 Å². The molecular weight excluding hydrogens is 217 g/mol. The summed E-state index contributed by atoms with van der Waals surface area (Å²) >= 11 is -0.593. The molecule has 26 valence electrons. The molecule has 0 fully saturated rings. The maximum atomic E-state index is 2.37. The molecule has 0 heterocycles. The van der Waals surface area contributed by atoms with E-state index >= 15 is 0 Å². The Kier molecular flexibility index (Phi) is 2.38. The fraction of sp³-hybridized carbons (Fsp3) is 1.00. The van der Waals surface area contributed by atoms with Gasteiger partial charge in [-0.1, -0.05) is 0 Å². The Bertz CT molecular complexity index is 8.00. The Morgan fingerprint density at radius 2 is 1.00 bits per heavy atom. The van der Waals surface area contributed by atoms with Gasteiger partial charge in [0.2, 0.25) is 0 Å². The maximum absolute atomic E-state index is 2.37. The SMILES string of the molecule is [CH3][Ta]([CH3])[CH3]. The fourth-order valence-electron chi connectivity index (χ4n) is 0. The van der Waals surface area contributed by atoms with Gasteiger partial charge in [-0.15, -0.1) is 0 Å². The molecule has 0 aromatic rings. The molecule has 0 spiro atoms. The molecule has 0 aliphatic carbocycles. The van der Waals surface area contributed by atoms with Crippen LogP contribution in [-0.4, -0.2) is 0 Å². The Labute approximate surface area is 34.3 Å². The van der Waals surface area contributed by atoms with Gasteiger partial charge < -0.3 is 0 Å². The summed E-state index contributed by atoms with van der Waals surface area (Å²) in [6.45, 7) is 0. The first-order valence-electron chi connectivity index (χ1n) is 1.34. The molecule has 0 radical (unpaired) electrons. The van der Waals surface area contributed by atoms with E-state index in [4.69, 9.17) is 0 Å². The molecule has 0 aliphatic heterocycles. The first-order valence-corrected chi connectivity index (χ1v) is 11.0. The third kappa shape index (κ3) is 15.1. The summed E-state index contributed by atoms with van der Waals surface area (Å²) in [5.41, 5.74) is 0. The molecule has 0 unspecified atom stereocenters. The van der Waals surface area contributed by atoms with Crippen LogP contribution in [0.15, 0.2) is 0 Å². The molecule has 0 atom stereocenters. The number of rotatable bonds is 0. The van der Waals surface area contributed by atoms with Gasteiger partial charge in [-0.3, -0.25) is 0 Å². The van der Waals surface area contributed by atoms with Crippen LogP contribution in [0.3, 0.4) is 0 Å². The molecule has 0 saturated heterocycles. The van der Waals surface area contributed by atoms with Gasteiger partial charge >= 0.3 is 33.9 Å². The quantitative estimate of drug-likeness (QED) is 0.590. The Balaban J connectivity index is 2.32. The van der Waals surface area contributed by atoms with E-state index < -0.39 is 18.4 Å². The Morgan fingerprint density at radius 1 is 1.00 bits per heavy atom. The zero-order valence-electron chi connectivity index (χ0n) is 3.45. The van der Waals surface area contributed by atoms with Crippen molar-refractivity contribution in [2.45, 2.75) is 15.4 Å². The third-order valence-electron chi connectivity index (χ3n) is 0. The van der Waals surface area contributed by atoms with Gasteiger partial charge in [0.25, 0.3) is 0 Å². The van der Waals surface area contributed by atoms with Crippen molar-refractivity contribution >= 4 is 0 Å². The van der Waals surface area contributed by atoms with Crippen molar-refractivity contribution in [1.82, 2.24) is 0 Å². The molecule has 0 nitrogen and oxygen atoms in total. The number of hydrogen-bond donors (Lipinski definition) is 0. The van der Waals surface area contributed by atoms with E-state index in [9.17, 15) is 0 Å². The van der Waals surface area contributed by atoms with Crippen LogP contribution in [-0.2, 0) is 18.4 Å². The van der Waals surface area contributed by atoms with Gasteiger partial charge in [-0.25, -0.2) is 0 Å². The normalized spacial score (nSPS) is 9.00. The van der Waals surface area contributed by atoms with Gasteiger partial charge in [0.05, 0.1) is 0 Å². The monoisotopic (exact) mass is 226 g/mol. The van der Waals surface area contributed by atoms with E-state index in [0.29, 0.717) is 0 Å². The van der Waals surface area contributed by atoms with Crippen molar-refractivity contribution in [2.75, 3.05) is 0 Å². The molecule has 0 aliphatic rings. The van der Waals surface area contributed by atoms with Crippen molar-refractivity contribution < 1.29 is 18.4 Å². The summed E-state index contributed by atoms with van der Waals surface area (Å²) in [5, 5.41) is 7.11. The minimum absolute atomic E-state index is 0.593. The van der Waals surface area contributed by atoms with Crippen LogP contribution in [0.25, 0.3) is 0 Å². The van der Waals surface area contributed by atoms with Crippen molar-refractivity contribution in [2.24, 2.45) is 0 Å². The average molecular weight is 226 g/mol. The van der Waals surface area contributed by atoms with Crippen LogP contribution >= 0.6 is 0 Å². The molecule has 0 aromatic carbocycles. The molecule has 0 aromatic heterocycles. The van der Waals surface area contributed by atoms with Crippen LogP contribution in [0.1, 0.15) is 0 Å². The topological polar surface area (TPSA) is 0 Å². The zero-order chi connectivity index (χ0) is 3.58. The number of hydrogen-bond acceptors (Lipinski definition) is 0. The van der Waals surface area contributed by atoms with Crippen LogP contribution < -0.4 is 0 Å². The third-order valence-corrected chi connectivity index (χ3v) is 0. The summed E-state index contributed by atoms with van der Waals surface area (Å²) in [6.07, 6.45) is 0. The average Bonchev–Trinajstić information content (AvgIpc) is 0.811. The van der Waals surface area contributed by atoms with Crippen molar-refractivity contribution in [1.29, 1.82) is 0 Å². The van der Waals surface area contributed by atoms with E-state index in [0.717, 1.165) is 0 Å². The molecule has 4 heavy (non-hydrogen) atoms. The van der Waals surface area contributed by atoms with Crippen LogP contribution in [0, 0.1) is 0 Å². The van der Waals surface area contributed by atoms with Crippen LogP contribution in [0.5, 0.6) is 0 Å². The first-order chi connectivity index (χ1) is 1.73. The molecule has 0 saturated carbocycles. The zero-order valence-corrected chi connectivity index (χ0v) is 6.66. The fourth-order valence-corrected chi connectivity index (χ4v) is 0. The van der Waals surface area contributed by atoms with E-state index in [1.54, 1.807) is 0 Å². The summed E-state index contributed by atoms with van der Waals surface area (Å²) in [5.74, 6) is 0. The molecule has 0 amide bonds. The van der Waals surface area contributed by atoms with Crippen LogP contribution in [0.4, 0.5) is 0 Å². The molecule has 0 N–H and O–H groups in total. The summed E-state index contributed by atoms with van der Waals surface area (Å²) in [6, 6.07) is 0. The molecule has 0 rings (SSSR count). The van der Waals surface area contributed by atoms with Gasteiger partial charge in [-0.05, 0) is 0 Å². The van der Waals surface area contributed by atoms with Gasteiger partial charge in [-0.2, -0.15) is 0 Å². The standard InChI is InChI=1S/3CH3.Ta/h3*1H3;. The second-order valence-electron chi connectivity index (χ2n) is 1.34. The van der Waals surface area contributed by atoms with E-state index in [-0.39, 0.29) is 0 Å². The van der Waals surface area contributed by atoms with Crippen LogP contribution in [0.2, 0.25) is 15.4 Å². The van der Waals surface area contributed by atoms with E-state index in [1.165, 1.54) is 0 Å². The summed E-state index contributed by atoms with van der Waals surface area (Å²) < 4.78 is 0. The van der Waals surface area contributed by atoms with E-state index in [2.05, 4.69) is 15.4 Å². The molecule has 1 heteroatoms. The van der Waals surface area contributed by atoms with Gasteiger partial charge in [0.1, 0.15) is 0 Å². The molecule has 0 bridgehead atoms. The van der Waals surface area contributed by atoms with Crippen molar-refractivity contribution in [3.63, 3.8) is 0 Å². The predicted octanol–water partition coefficient (Wildman–Crippen LogP) is 1.75.